The van der Waals surface area contributed by atoms with Crippen LogP contribution in [0.1, 0.15) is 16.7 Å². The second kappa shape index (κ2) is 8.14. The second-order valence-corrected chi connectivity index (χ2v) is 7.13. The Bertz CT molecular complexity index is 894. The van der Waals surface area contributed by atoms with Gasteiger partial charge in [0, 0.05) is 13.6 Å². The van der Waals surface area contributed by atoms with E-state index >= 15 is 0 Å². The molecule has 0 fully saturated rings. The van der Waals surface area contributed by atoms with Crippen molar-refractivity contribution in [2.75, 3.05) is 12.8 Å². The van der Waals surface area contributed by atoms with Gasteiger partial charge in [0.25, 0.3) is 0 Å². The molecule has 0 N–H and O–H groups in total. The van der Waals surface area contributed by atoms with Crippen molar-refractivity contribution in [1.82, 2.24) is 25.1 Å². The van der Waals surface area contributed by atoms with E-state index in [1.165, 1.54) is 17.3 Å². The second-order valence-electron chi connectivity index (χ2n) is 6.19. The predicted molar refractivity (Wildman–Crippen MR) is 102 cm³/mol. The molecule has 3 rings (SSSR count). The van der Waals surface area contributed by atoms with Crippen LogP contribution in [0.5, 0.6) is 0 Å². The van der Waals surface area contributed by atoms with Crippen LogP contribution in [0.3, 0.4) is 0 Å². The third-order valence-electron chi connectivity index (χ3n) is 4.03. The fraction of sp³-hybridized carbons (Fsp3) is 0.263. The number of thioether (sulfide) groups is 1. The highest BCUT2D eigenvalue weighted by atomic mass is 32.2. The molecule has 3 aromatic rings. The Hall–Kier alpha value is -2.67. The Labute approximate surface area is 157 Å². The van der Waals surface area contributed by atoms with Crippen LogP contribution in [-0.2, 0) is 11.3 Å². The van der Waals surface area contributed by atoms with E-state index in [0.717, 1.165) is 16.8 Å². The molecule has 0 radical (unpaired) electrons. The van der Waals surface area contributed by atoms with Gasteiger partial charge < -0.3 is 4.90 Å². The lowest BCUT2D eigenvalue weighted by Crippen LogP contribution is -2.27. The van der Waals surface area contributed by atoms with Gasteiger partial charge in [-0.05, 0) is 41.5 Å². The summed E-state index contributed by atoms with van der Waals surface area (Å²) in [6.45, 7) is 4.66. The molecule has 0 saturated heterocycles. The molecule has 7 heteroatoms. The van der Waals surface area contributed by atoms with E-state index < -0.39 is 0 Å². The number of benzene rings is 2. The van der Waals surface area contributed by atoms with Gasteiger partial charge in [0.2, 0.25) is 11.1 Å². The summed E-state index contributed by atoms with van der Waals surface area (Å²) in [4.78, 5) is 14.1. The summed E-state index contributed by atoms with van der Waals surface area (Å²) >= 11 is 1.34. The maximum atomic E-state index is 12.4. The molecular weight excluding hydrogens is 346 g/mol. The zero-order chi connectivity index (χ0) is 18.5. The zero-order valence-corrected chi connectivity index (χ0v) is 15.9. The molecule has 0 atom stereocenters. The number of amides is 1. The number of carbonyl (C=O) groups excluding carboxylic acids is 1. The smallest absolute Gasteiger partial charge is 0.233 e. The molecule has 0 aliphatic rings. The van der Waals surface area contributed by atoms with E-state index in [0.29, 0.717) is 11.7 Å². The topological polar surface area (TPSA) is 63.9 Å². The maximum absolute atomic E-state index is 12.4. The minimum Gasteiger partial charge on any atom is -0.341 e. The van der Waals surface area contributed by atoms with Gasteiger partial charge in [-0.2, -0.15) is 4.68 Å². The van der Waals surface area contributed by atoms with Crippen molar-refractivity contribution < 1.29 is 4.79 Å². The Morgan fingerprint density at radius 1 is 1.15 bits per heavy atom. The number of carbonyl (C=O) groups is 1. The van der Waals surface area contributed by atoms with E-state index in [-0.39, 0.29) is 11.7 Å². The molecule has 134 valence electrons. The summed E-state index contributed by atoms with van der Waals surface area (Å²) in [7, 11) is 1.81. The Morgan fingerprint density at radius 2 is 1.92 bits per heavy atom. The predicted octanol–water partition coefficient (Wildman–Crippen LogP) is 3.03. The van der Waals surface area contributed by atoms with Crippen LogP contribution >= 0.6 is 11.8 Å². The van der Waals surface area contributed by atoms with E-state index in [4.69, 9.17) is 0 Å². The lowest BCUT2D eigenvalue weighted by Gasteiger charge is -2.17. The number of nitrogens with zero attached hydrogens (tertiary/aromatic N) is 5. The highest BCUT2D eigenvalue weighted by Crippen LogP contribution is 2.21. The summed E-state index contributed by atoms with van der Waals surface area (Å²) in [6.07, 6.45) is 0. The number of hydrogen-bond acceptors (Lipinski definition) is 5. The first-order valence-corrected chi connectivity index (χ1v) is 9.30. The van der Waals surface area contributed by atoms with Gasteiger partial charge in [-0.25, -0.2) is 0 Å². The van der Waals surface area contributed by atoms with Gasteiger partial charge in [0.15, 0.2) is 0 Å². The summed E-state index contributed by atoms with van der Waals surface area (Å²) in [5.74, 6) is 0.322. The van der Waals surface area contributed by atoms with Crippen LogP contribution in [0.25, 0.3) is 5.69 Å². The number of aromatic nitrogens is 4. The molecule has 0 unspecified atom stereocenters. The van der Waals surface area contributed by atoms with E-state index in [1.807, 2.05) is 63.4 Å². The molecule has 26 heavy (non-hydrogen) atoms. The monoisotopic (exact) mass is 367 g/mol. The van der Waals surface area contributed by atoms with Crippen molar-refractivity contribution in [3.05, 3.63) is 65.2 Å². The molecule has 1 heterocycles. The molecule has 0 aliphatic heterocycles. The van der Waals surface area contributed by atoms with E-state index in [2.05, 4.69) is 21.6 Å². The molecule has 1 aromatic heterocycles. The van der Waals surface area contributed by atoms with Gasteiger partial charge in [-0.15, -0.1) is 5.10 Å². The third-order valence-corrected chi connectivity index (χ3v) is 4.94. The summed E-state index contributed by atoms with van der Waals surface area (Å²) in [5, 5.41) is 12.5. The van der Waals surface area contributed by atoms with Crippen molar-refractivity contribution in [1.29, 1.82) is 0 Å². The molecule has 1 amide bonds. The lowest BCUT2D eigenvalue weighted by atomic mass is 10.1. The van der Waals surface area contributed by atoms with Crippen LogP contribution in [-0.4, -0.2) is 43.8 Å². The fourth-order valence-electron chi connectivity index (χ4n) is 2.65. The Morgan fingerprint density at radius 3 is 2.65 bits per heavy atom. The van der Waals surface area contributed by atoms with Crippen molar-refractivity contribution in [3.8, 4) is 5.69 Å². The lowest BCUT2D eigenvalue weighted by molar-refractivity contribution is -0.127. The minimum absolute atomic E-state index is 0.0361. The molecule has 0 aliphatic carbocycles. The average molecular weight is 367 g/mol. The zero-order valence-electron chi connectivity index (χ0n) is 15.1. The van der Waals surface area contributed by atoms with Crippen LogP contribution in [0, 0.1) is 13.8 Å². The largest absolute Gasteiger partial charge is 0.341 e. The Balaban J connectivity index is 1.65. The molecule has 0 saturated carbocycles. The first kappa shape index (κ1) is 18.1. The summed E-state index contributed by atoms with van der Waals surface area (Å²) in [5.41, 5.74) is 4.31. The number of rotatable bonds is 6. The quantitative estimate of drug-likeness (QED) is 0.627. The SMILES string of the molecule is Cc1ccc(-n2nnnc2SCC(=O)N(C)Cc2ccccc2)c(C)c1. The standard InChI is InChI=1S/C19H21N5OS/c1-14-9-10-17(15(2)11-14)24-19(20-21-22-24)26-13-18(25)23(3)12-16-7-5-4-6-8-16/h4-11H,12-13H2,1-3H3. The van der Waals surface area contributed by atoms with Crippen molar-refractivity contribution in [3.63, 3.8) is 0 Å². The van der Waals surface area contributed by atoms with Crippen LogP contribution in [0.2, 0.25) is 0 Å². The van der Waals surface area contributed by atoms with Gasteiger partial charge in [0.05, 0.1) is 11.4 Å². The van der Waals surface area contributed by atoms with Crippen LogP contribution in [0.15, 0.2) is 53.7 Å². The molecule has 2 aromatic carbocycles. The summed E-state index contributed by atoms with van der Waals surface area (Å²) in [6, 6.07) is 16.0. The average Bonchev–Trinajstić information content (AvgIpc) is 3.08. The van der Waals surface area contributed by atoms with Gasteiger partial charge in [0.1, 0.15) is 0 Å². The molecular formula is C19H21N5OS. The molecule has 6 nitrogen and oxygen atoms in total. The van der Waals surface area contributed by atoms with Gasteiger partial charge in [-0.1, -0.05) is 59.8 Å². The first-order chi connectivity index (χ1) is 12.5. The maximum Gasteiger partial charge on any atom is 0.233 e. The first-order valence-electron chi connectivity index (χ1n) is 8.31. The molecule has 0 spiro atoms. The van der Waals surface area contributed by atoms with E-state index in [1.54, 1.807) is 9.58 Å². The highest BCUT2D eigenvalue weighted by Gasteiger charge is 2.15. The van der Waals surface area contributed by atoms with Gasteiger partial charge >= 0.3 is 0 Å². The number of hydrogen-bond donors (Lipinski definition) is 0. The third kappa shape index (κ3) is 4.29. The van der Waals surface area contributed by atoms with Crippen LogP contribution < -0.4 is 0 Å². The summed E-state index contributed by atoms with van der Waals surface area (Å²) < 4.78 is 1.68. The minimum atomic E-state index is 0.0361. The fourth-order valence-corrected chi connectivity index (χ4v) is 3.47. The van der Waals surface area contributed by atoms with Crippen LogP contribution in [0.4, 0.5) is 0 Å². The normalized spacial score (nSPS) is 10.7. The number of aryl methyl sites for hydroxylation is 2. The Kier molecular flexibility index (Phi) is 5.68. The van der Waals surface area contributed by atoms with Crippen molar-refractivity contribution >= 4 is 17.7 Å². The highest BCUT2D eigenvalue weighted by molar-refractivity contribution is 7.99. The van der Waals surface area contributed by atoms with Gasteiger partial charge in [-0.3, -0.25) is 4.79 Å². The number of tetrazole rings is 1. The van der Waals surface area contributed by atoms with E-state index in [9.17, 15) is 4.79 Å². The molecule has 0 bridgehead atoms. The van der Waals surface area contributed by atoms with Crippen molar-refractivity contribution in [2.24, 2.45) is 0 Å². The van der Waals surface area contributed by atoms with Crippen molar-refractivity contribution in [2.45, 2.75) is 25.5 Å².